The Bertz CT molecular complexity index is 169. The molecule has 4 heteroatoms. The van der Waals surface area contributed by atoms with Crippen molar-refractivity contribution in [1.82, 2.24) is 8.43 Å². The van der Waals surface area contributed by atoms with Gasteiger partial charge in [0.1, 0.15) is 0 Å². The van der Waals surface area contributed by atoms with E-state index in [1.807, 2.05) is 0 Å². The monoisotopic (exact) mass is 266 g/mol. The number of hydrogen-bond acceptors (Lipinski definition) is 3. The molecule has 0 spiro atoms. The topological polar surface area (TPSA) is 27.6 Å². The molecule has 0 atom stereocenters. The molecule has 3 nitrogen and oxygen atoms in total. The molecular formula is C7H13IN3-. The van der Waals surface area contributed by atoms with Crippen molar-refractivity contribution < 1.29 is 21.5 Å². The Kier molecular flexibility index (Phi) is 2.50. The van der Waals surface area contributed by atoms with E-state index in [1.54, 1.807) is 0 Å². The van der Waals surface area contributed by atoms with E-state index < -0.39 is 0 Å². The average Bonchev–Trinajstić information content (AvgIpc) is 2.28. The molecule has 2 aliphatic heterocycles. The molecule has 0 aromatic carbocycles. The predicted molar refractivity (Wildman–Crippen MR) is 41.1 cm³/mol. The first kappa shape index (κ1) is 7.64. The van der Waals surface area contributed by atoms with Gasteiger partial charge in [-0.05, 0) is 0 Å². The summed E-state index contributed by atoms with van der Waals surface area (Å²) in [5.74, 6) is 1.20. The zero-order chi connectivity index (χ0) is 7.52. The molecule has 0 aromatic rings. The average molecular weight is 266 g/mol. The molecule has 11 heavy (non-hydrogen) atoms. The summed E-state index contributed by atoms with van der Waals surface area (Å²) in [6.07, 6.45) is 2.58. The Labute approximate surface area is 77.9 Å². The van der Waals surface area contributed by atoms with Crippen LogP contribution in [0.2, 0.25) is 0 Å². The van der Waals surface area contributed by atoms with Crippen LogP contribution < -0.4 is 25.0 Å². The Morgan fingerprint density at radius 2 is 2.36 bits per heavy atom. The van der Waals surface area contributed by atoms with Crippen LogP contribution in [0.1, 0.15) is 12.8 Å². The molecule has 0 aromatic heterocycles. The molecule has 0 saturated carbocycles. The molecule has 0 aliphatic carbocycles. The fourth-order valence-corrected chi connectivity index (χ4v) is 3.31. The van der Waals surface area contributed by atoms with Crippen LogP contribution in [0.4, 0.5) is 0 Å². The number of rotatable bonds is 0. The summed E-state index contributed by atoms with van der Waals surface area (Å²) in [5.41, 5.74) is 0. The molecule has 0 bridgehead atoms. The summed E-state index contributed by atoms with van der Waals surface area (Å²) in [6.45, 7) is 3.50. The first-order valence-corrected chi connectivity index (χ1v) is 6.71. The summed E-state index contributed by atoms with van der Waals surface area (Å²) in [5, 5.41) is 0. The maximum atomic E-state index is 4.50. The van der Waals surface area contributed by atoms with Gasteiger partial charge in [-0.1, -0.05) is 0 Å². The van der Waals surface area contributed by atoms with Crippen LogP contribution in [0, 0.1) is 0 Å². The van der Waals surface area contributed by atoms with E-state index in [1.165, 1.54) is 36.3 Å². The normalized spacial score (nSPS) is 25.5. The summed E-state index contributed by atoms with van der Waals surface area (Å²) >= 11 is 0.234. The molecule has 2 rings (SSSR count). The molecule has 1 saturated heterocycles. The van der Waals surface area contributed by atoms with Gasteiger partial charge in [0, 0.05) is 0 Å². The standard InChI is InChI=1S/C7H13IN3/c1-2-5-11-6-3-8-10-7(11)9-4-1/h1-6H2,(H,9,10)/q-1. The molecule has 1 fully saturated rings. The third kappa shape index (κ3) is 1.77. The Balaban J connectivity index is 2.06. The van der Waals surface area contributed by atoms with E-state index >= 15 is 0 Å². The van der Waals surface area contributed by atoms with Gasteiger partial charge >= 0.3 is 77.8 Å². The molecule has 2 aliphatic rings. The predicted octanol–water partition coefficient (Wildman–Crippen LogP) is -2.95. The van der Waals surface area contributed by atoms with Gasteiger partial charge in [0.05, 0.1) is 0 Å². The van der Waals surface area contributed by atoms with Crippen LogP contribution in [-0.4, -0.2) is 34.9 Å². The van der Waals surface area contributed by atoms with Gasteiger partial charge in [-0.25, -0.2) is 0 Å². The quantitative estimate of drug-likeness (QED) is 0.288. The number of halogens is 1. The van der Waals surface area contributed by atoms with E-state index in [4.69, 9.17) is 0 Å². The van der Waals surface area contributed by atoms with Crippen LogP contribution in [-0.2, 0) is 0 Å². The van der Waals surface area contributed by atoms with Crippen LogP contribution in [0.15, 0.2) is 4.99 Å². The summed E-state index contributed by atoms with van der Waals surface area (Å²) in [6, 6.07) is 0. The van der Waals surface area contributed by atoms with Crippen molar-refractivity contribution in [2.75, 3.05) is 24.1 Å². The van der Waals surface area contributed by atoms with E-state index in [0.717, 1.165) is 6.54 Å². The minimum atomic E-state index is 0.234. The van der Waals surface area contributed by atoms with Crippen LogP contribution >= 0.6 is 0 Å². The zero-order valence-corrected chi connectivity index (χ0v) is 8.67. The minimum absolute atomic E-state index is 0.234. The van der Waals surface area contributed by atoms with Crippen LogP contribution in [0.25, 0.3) is 0 Å². The summed E-state index contributed by atoms with van der Waals surface area (Å²) in [7, 11) is 0. The van der Waals surface area contributed by atoms with Gasteiger partial charge in [-0.15, -0.1) is 0 Å². The third-order valence-corrected chi connectivity index (χ3v) is 3.88. The number of nitrogens with zero attached hydrogens (tertiary/aromatic N) is 2. The summed E-state index contributed by atoms with van der Waals surface area (Å²) in [4.78, 5) is 6.90. The second-order valence-corrected chi connectivity index (χ2v) is 5.20. The molecule has 1 N–H and O–H groups in total. The van der Waals surface area contributed by atoms with Crippen molar-refractivity contribution in [2.24, 2.45) is 4.99 Å². The van der Waals surface area contributed by atoms with E-state index in [2.05, 4.69) is 13.4 Å². The first-order valence-electron chi connectivity index (χ1n) is 4.10. The fourth-order valence-electron chi connectivity index (χ4n) is 1.36. The Morgan fingerprint density at radius 1 is 1.36 bits per heavy atom. The van der Waals surface area contributed by atoms with Gasteiger partial charge in [0.25, 0.3) is 0 Å². The van der Waals surface area contributed by atoms with Gasteiger partial charge < -0.3 is 0 Å². The second-order valence-electron chi connectivity index (χ2n) is 2.82. The molecule has 64 valence electrons. The van der Waals surface area contributed by atoms with Crippen molar-refractivity contribution in [1.29, 1.82) is 0 Å². The van der Waals surface area contributed by atoms with E-state index in [-0.39, 0.29) is 21.5 Å². The Morgan fingerprint density at radius 3 is 3.36 bits per heavy atom. The van der Waals surface area contributed by atoms with E-state index in [0.29, 0.717) is 0 Å². The number of fused-ring (bicyclic) bond motifs is 1. The molecule has 0 unspecified atom stereocenters. The number of aliphatic imine (C=N–C) groups is 1. The van der Waals surface area contributed by atoms with Crippen molar-refractivity contribution in [2.45, 2.75) is 12.8 Å². The SMILES string of the molecule is C1CCN2CC[I-]NC2=NC1. The van der Waals surface area contributed by atoms with Crippen molar-refractivity contribution >= 4 is 5.96 Å². The zero-order valence-electron chi connectivity index (χ0n) is 6.52. The molecule has 0 amide bonds. The number of hydrogen-bond donors (Lipinski definition) is 1. The molecular weight excluding hydrogens is 253 g/mol. The van der Waals surface area contributed by atoms with Crippen molar-refractivity contribution in [3.05, 3.63) is 0 Å². The fraction of sp³-hybridized carbons (Fsp3) is 0.857. The van der Waals surface area contributed by atoms with Gasteiger partial charge in [0.15, 0.2) is 0 Å². The number of nitrogens with one attached hydrogen (secondary N) is 1. The first-order chi connectivity index (χ1) is 5.47. The number of alkyl halides is 1. The second kappa shape index (κ2) is 3.60. The van der Waals surface area contributed by atoms with Gasteiger partial charge in [-0.3, -0.25) is 0 Å². The maximum absolute atomic E-state index is 4.50. The number of guanidine groups is 1. The van der Waals surface area contributed by atoms with E-state index in [9.17, 15) is 0 Å². The van der Waals surface area contributed by atoms with Gasteiger partial charge in [-0.2, -0.15) is 0 Å². The van der Waals surface area contributed by atoms with Crippen molar-refractivity contribution in [3.8, 4) is 0 Å². The van der Waals surface area contributed by atoms with Crippen LogP contribution in [0.3, 0.4) is 0 Å². The van der Waals surface area contributed by atoms with Crippen molar-refractivity contribution in [3.63, 3.8) is 0 Å². The molecule has 0 radical (unpaired) electrons. The van der Waals surface area contributed by atoms with Crippen LogP contribution in [0.5, 0.6) is 0 Å². The third-order valence-electron chi connectivity index (χ3n) is 2.00. The summed E-state index contributed by atoms with van der Waals surface area (Å²) < 4.78 is 4.82. The van der Waals surface area contributed by atoms with Gasteiger partial charge in [0.2, 0.25) is 0 Å². The Hall–Kier alpha value is 0. The molecule has 2 heterocycles.